The van der Waals surface area contributed by atoms with Gasteiger partial charge in [-0.25, -0.2) is 0 Å². The van der Waals surface area contributed by atoms with E-state index < -0.39 is 0 Å². The molecule has 1 aliphatic rings. The summed E-state index contributed by atoms with van der Waals surface area (Å²) in [6, 6.07) is 8.32. The van der Waals surface area contributed by atoms with Crippen LogP contribution in [0.15, 0.2) is 24.3 Å². The zero-order chi connectivity index (χ0) is 13.9. The van der Waals surface area contributed by atoms with Crippen LogP contribution in [0.2, 0.25) is 0 Å². The highest BCUT2D eigenvalue weighted by Crippen LogP contribution is 2.27. The SMILES string of the molecule is CC(C)(C)OCN1CCCC(c2ccc(N)cc2)C1. The Hall–Kier alpha value is -1.06. The van der Waals surface area contributed by atoms with Crippen LogP contribution in [-0.4, -0.2) is 30.3 Å². The highest BCUT2D eigenvalue weighted by Gasteiger charge is 2.22. The summed E-state index contributed by atoms with van der Waals surface area (Å²) in [7, 11) is 0. The summed E-state index contributed by atoms with van der Waals surface area (Å²) in [4.78, 5) is 2.41. The van der Waals surface area contributed by atoms with E-state index in [2.05, 4.69) is 37.8 Å². The number of hydrogen-bond acceptors (Lipinski definition) is 3. The zero-order valence-corrected chi connectivity index (χ0v) is 12.4. The van der Waals surface area contributed by atoms with Crippen molar-refractivity contribution in [2.75, 3.05) is 25.6 Å². The van der Waals surface area contributed by atoms with Crippen molar-refractivity contribution < 1.29 is 4.74 Å². The van der Waals surface area contributed by atoms with Gasteiger partial charge in [-0.05, 0) is 57.2 Å². The first-order chi connectivity index (χ1) is 8.94. The molecule has 2 rings (SSSR count). The van der Waals surface area contributed by atoms with E-state index in [1.165, 1.54) is 18.4 Å². The maximum Gasteiger partial charge on any atom is 0.0997 e. The number of nitrogen functional groups attached to an aromatic ring is 1. The maximum atomic E-state index is 5.88. The van der Waals surface area contributed by atoms with Crippen molar-refractivity contribution in [2.24, 2.45) is 0 Å². The highest BCUT2D eigenvalue weighted by molar-refractivity contribution is 5.40. The zero-order valence-electron chi connectivity index (χ0n) is 12.4. The number of piperidine rings is 1. The van der Waals surface area contributed by atoms with E-state index in [-0.39, 0.29) is 5.60 Å². The average molecular weight is 262 g/mol. The fourth-order valence-electron chi connectivity index (χ4n) is 2.50. The van der Waals surface area contributed by atoms with Crippen LogP contribution in [0, 0.1) is 0 Å². The van der Waals surface area contributed by atoms with Crippen molar-refractivity contribution in [3.05, 3.63) is 29.8 Å². The number of benzene rings is 1. The standard InChI is InChI=1S/C16H26N2O/c1-16(2,3)19-12-18-10-4-5-14(11-18)13-6-8-15(17)9-7-13/h6-9,14H,4-5,10-12,17H2,1-3H3. The number of nitrogens with two attached hydrogens (primary N) is 1. The van der Waals surface area contributed by atoms with E-state index in [0.717, 1.165) is 25.5 Å². The molecule has 0 bridgehead atoms. The summed E-state index contributed by atoms with van der Waals surface area (Å²) in [5, 5.41) is 0. The van der Waals surface area contributed by atoms with Crippen LogP contribution in [0.5, 0.6) is 0 Å². The van der Waals surface area contributed by atoms with Gasteiger partial charge in [-0.1, -0.05) is 12.1 Å². The smallest absolute Gasteiger partial charge is 0.0997 e. The number of hydrogen-bond donors (Lipinski definition) is 1. The van der Waals surface area contributed by atoms with Gasteiger partial charge in [0.1, 0.15) is 0 Å². The molecule has 1 saturated heterocycles. The molecule has 0 amide bonds. The lowest BCUT2D eigenvalue weighted by atomic mass is 9.91. The first-order valence-electron chi connectivity index (χ1n) is 7.16. The molecule has 0 aromatic heterocycles. The maximum absolute atomic E-state index is 5.88. The predicted octanol–water partition coefficient (Wildman–Crippen LogP) is 3.22. The fourth-order valence-corrected chi connectivity index (χ4v) is 2.50. The van der Waals surface area contributed by atoms with Gasteiger partial charge in [-0.3, -0.25) is 4.90 Å². The van der Waals surface area contributed by atoms with E-state index >= 15 is 0 Å². The molecule has 1 unspecified atom stereocenters. The average Bonchev–Trinajstić information content (AvgIpc) is 2.37. The molecular formula is C16H26N2O. The summed E-state index contributed by atoms with van der Waals surface area (Å²) in [6.45, 7) is 9.27. The first-order valence-corrected chi connectivity index (χ1v) is 7.16. The van der Waals surface area contributed by atoms with Gasteiger partial charge in [0.05, 0.1) is 12.3 Å². The molecule has 3 nitrogen and oxygen atoms in total. The monoisotopic (exact) mass is 262 g/mol. The summed E-state index contributed by atoms with van der Waals surface area (Å²) >= 11 is 0. The van der Waals surface area contributed by atoms with Crippen LogP contribution in [0.4, 0.5) is 5.69 Å². The Morgan fingerprint density at radius 3 is 2.58 bits per heavy atom. The van der Waals surface area contributed by atoms with Gasteiger partial charge in [0.25, 0.3) is 0 Å². The van der Waals surface area contributed by atoms with Crippen LogP contribution in [0.25, 0.3) is 0 Å². The van der Waals surface area contributed by atoms with Crippen LogP contribution >= 0.6 is 0 Å². The molecule has 0 saturated carbocycles. The molecule has 1 heterocycles. The minimum Gasteiger partial charge on any atom is -0.399 e. The second kappa shape index (κ2) is 5.93. The van der Waals surface area contributed by atoms with Crippen LogP contribution < -0.4 is 5.73 Å². The lowest BCUT2D eigenvalue weighted by Gasteiger charge is -2.34. The Morgan fingerprint density at radius 1 is 1.26 bits per heavy atom. The normalized spacial score (nSPS) is 21.5. The third-order valence-corrected chi connectivity index (χ3v) is 3.59. The Kier molecular flexibility index (Phi) is 4.48. The second-order valence-electron chi connectivity index (χ2n) is 6.47. The van der Waals surface area contributed by atoms with Gasteiger partial charge in [0.2, 0.25) is 0 Å². The molecule has 0 spiro atoms. The Labute approximate surface area is 116 Å². The molecule has 0 radical (unpaired) electrons. The molecular weight excluding hydrogens is 236 g/mol. The lowest BCUT2D eigenvalue weighted by Crippen LogP contribution is -2.38. The molecule has 1 atom stereocenters. The number of ether oxygens (including phenoxy) is 1. The van der Waals surface area contributed by atoms with Crippen molar-refractivity contribution in [2.45, 2.75) is 45.1 Å². The quantitative estimate of drug-likeness (QED) is 0.850. The largest absolute Gasteiger partial charge is 0.399 e. The highest BCUT2D eigenvalue weighted by atomic mass is 16.5. The minimum atomic E-state index is -0.0614. The third-order valence-electron chi connectivity index (χ3n) is 3.59. The molecule has 1 aromatic rings. The minimum absolute atomic E-state index is 0.0614. The Balaban J connectivity index is 1.91. The van der Waals surface area contributed by atoms with Crippen LogP contribution in [0.3, 0.4) is 0 Å². The fraction of sp³-hybridized carbons (Fsp3) is 0.625. The van der Waals surface area contributed by atoms with Crippen LogP contribution in [0.1, 0.15) is 45.1 Å². The van der Waals surface area contributed by atoms with Gasteiger partial charge < -0.3 is 10.5 Å². The van der Waals surface area contributed by atoms with Gasteiger partial charge in [0, 0.05) is 18.8 Å². The predicted molar refractivity (Wildman–Crippen MR) is 80.1 cm³/mol. The molecule has 2 N–H and O–H groups in total. The van der Waals surface area contributed by atoms with Crippen LogP contribution in [-0.2, 0) is 4.74 Å². The lowest BCUT2D eigenvalue weighted by molar-refractivity contribution is -0.0698. The number of nitrogens with zero attached hydrogens (tertiary/aromatic N) is 1. The molecule has 0 aliphatic carbocycles. The molecule has 106 valence electrons. The summed E-state index contributed by atoms with van der Waals surface area (Å²) in [6.07, 6.45) is 2.50. The van der Waals surface area contributed by atoms with Crippen molar-refractivity contribution in [3.63, 3.8) is 0 Å². The molecule has 19 heavy (non-hydrogen) atoms. The van der Waals surface area contributed by atoms with E-state index in [0.29, 0.717) is 5.92 Å². The first kappa shape index (κ1) is 14.4. The Bertz CT molecular complexity index is 394. The molecule has 1 aliphatic heterocycles. The van der Waals surface area contributed by atoms with Crippen molar-refractivity contribution in [3.8, 4) is 0 Å². The van der Waals surface area contributed by atoms with E-state index in [1.807, 2.05) is 12.1 Å². The molecule has 1 aromatic carbocycles. The van der Waals surface area contributed by atoms with Crippen molar-refractivity contribution in [1.29, 1.82) is 0 Å². The topological polar surface area (TPSA) is 38.5 Å². The summed E-state index contributed by atoms with van der Waals surface area (Å²) in [5.74, 6) is 0.609. The third kappa shape index (κ3) is 4.51. The molecule has 3 heteroatoms. The van der Waals surface area contributed by atoms with E-state index in [1.54, 1.807) is 0 Å². The van der Waals surface area contributed by atoms with Gasteiger partial charge in [-0.15, -0.1) is 0 Å². The number of rotatable bonds is 3. The van der Waals surface area contributed by atoms with Crippen molar-refractivity contribution in [1.82, 2.24) is 4.90 Å². The number of anilines is 1. The van der Waals surface area contributed by atoms with Gasteiger partial charge >= 0.3 is 0 Å². The molecule has 1 fully saturated rings. The second-order valence-corrected chi connectivity index (χ2v) is 6.47. The summed E-state index contributed by atoms with van der Waals surface area (Å²) < 4.78 is 5.88. The van der Waals surface area contributed by atoms with Gasteiger partial charge in [0.15, 0.2) is 0 Å². The van der Waals surface area contributed by atoms with E-state index in [9.17, 15) is 0 Å². The summed E-state index contributed by atoms with van der Waals surface area (Å²) in [5.41, 5.74) is 7.93. The number of likely N-dealkylation sites (tertiary alicyclic amines) is 1. The Morgan fingerprint density at radius 2 is 1.95 bits per heavy atom. The van der Waals surface area contributed by atoms with Gasteiger partial charge in [-0.2, -0.15) is 0 Å². The van der Waals surface area contributed by atoms with E-state index in [4.69, 9.17) is 10.5 Å². The van der Waals surface area contributed by atoms with Crippen molar-refractivity contribution >= 4 is 5.69 Å².